The molecule has 2 aromatic carbocycles. The predicted molar refractivity (Wildman–Crippen MR) is 121 cm³/mol. The van der Waals surface area contributed by atoms with Gasteiger partial charge in [0.25, 0.3) is 0 Å². The third-order valence-corrected chi connectivity index (χ3v) is 6.32. The van der Waals surface area contributed by atoms with Crippen molar-refractivity contribution in [2.24, 2.45) is 0 Å². The van der Waals surface area contributed by atoms with E-state index in [4.69, 9.17) is 9.72 Å². The Bertz CT molecular complexity index is 1050. The van der Waals surface area contributed by atoms with Gasteiger partial charge in [0, 0.05) is 30.2 Å². The van der Waals surface area contributed by atoms with E-state index in [2.05, 4.69) is 28.4 Å². The first kappa shape index (κ1) is 20.3. The molecule has 1 atom stereocenters. The Morgan fingerprint density at radius 1 is 1.23 bits per heavy atom. The molecule has 1 aliphatic heterocycles. The lowest BCUT2D eigenvalue weighted by atomic mass is 10.1. The molecule has 1 saturated heterocycles. The summed E-state index contributed by atoms with van der Waals surface area (Å²) in [5.41, 5.74) is 4.32. The first-order valence-electron chi connectivity index (χ1n) is 10.1. The highest BCUT2D eigenvalue weighted by atomic mass is 32.1. The van der Waals surface area contributed by atoms with Gasteiger partial charge in [-0.2, -0.15) is 4.37 Å². The molecular formula is C23H26N4O2S. The third-order valence-electron chi connectivity index (χ3n) is 5.53. The van der Waals surface area contributed by atoms with E-state index in [0.717, 1.165) is 47.3 Å². The van der Waals surface area contributed by atoms with E-state index in [9.17, 15) is 4.79 Å². The molecule has 0 radical (unpaired) electrons. The minimum absolute atomic E-state index is 0.0142. The first-order chi connectivity index (χ1) is 14.5. The summed E-state index contributed by atoms with van der Waals surface area (Å²) in [4.78, 5) is 19.8. The van der Waals surface area contributed by atoms with Crippen molar-refractivity contribution in [3.8, 4) is 5.75 Å². The fourth-order valence-corrected chi connectivity index (χ4v) is 4.47. The van der Waals surface area contributed by atoms with Gasteiger partial charge in [-0.25, -0.2) is 4.98 Å². The number of methoxy groups -OCH3 is 1. The summed E-state index contributed by atoms with van der Waals surface area (Å²) in [7, 11) is 1.66. The van der Waals surface area contributed by atoms with Gasteiger partial charge >= 0.3 is 0 Å². The fraction of sp³-hybridized carbons (Fsp3) is 0.348. The number of hydrogen-bond donors (Lipinski definition) is 1. The minimum Gasteiger partial charge on any atom is -0.497 e. The number of ether oxygens (including phenoxy) is 1. The van der Waals surface area contributed by atoms with Crippen LogP contribution in [0, 0.1) is 13.8 Å². The second-order valence-corrected chi connectivity index (χ2v) is 8.39. The first-order valence-corrected chi connectivity index (χ1v) is 10.9. The van der Waals surface area contributed by atoms with Crippen LogP contribution in [0.2, 0.25) is 0 Å². The van der Waals surface area contributed by atoms with Crippen LogP contribution < -0.4 is 15.0 Å². The molecule has 156 valence electrons. The summed E-state index contributed by atoms with van der Waals surface area (Å²) >= 11 is 1.36. The van der Waals surface area contributed by atoms with Gasteiger partial charge in [0.2, 0.25) is 11.0 Å². The van der Waals surface area contributed by atoms with Gasteiger partial charge in [0.15, 0.2) is 0 Å². The molecule has 0 spiro atoms. The minimum atomic E-state index is -0.218. The van der Waals surface area contributed by atoms with Crippen molar-refractivity contribution in [3.63, 3.8) is 0 Å². The second kappa shape index (κ2) is 8.83. The highest BCUT2D eigenvalue weighted by Gasteiger charge is 2.33. The standard InChI is InChI=1S/C23H26N4O2S/c1-15-9-10-18(12-16(15)2)24-22(28)20-8-5-11-27(20)23-25-21(26-30-23)14-17-6-4-7-19(13-17)29-3/h4,6-7,9-10,12-13,20H,5,8,11,14H2,1-3H3,(H,24,28). The summed E-state index contributed by atoms with van der Waals surface area (Å²) < 4.78 is 9.82. The summed E-state index contributed by atoms with van der Waals surface area (Å²) in [5, 5.41) is 3.88. The SMILES string of the molecule is COc1cccc(Cc2nsc(N3CCCC3C(=O)Nc3ccc(C)c(C)c3)n2)c1. The lowest BCUT2D eigenvalue weighted by Gasteiger charge is -2.22. The van der Waals surface area contributed by atoms with Crippen LogP contribution in [0.5, 0.6) is 5.75 Å². The lowest BCUT2D eigenvalue weighted by molar-refractivity contribution is -0.117. The zero-order chi connectivity index (χ0) is 21.1. The van der Waals surface area contributed by atoms with E-state index in [0.29, 0.717) is 6.42 Å². The Labute approximate surface area is 181 Å². The van der Waals surface area contributed by atoms with Crippen molar-refractivity contribution in [1.82, 2.24) is 9.36 Å². The molecular weight excluding hydrogens is 396 g/mol. The number of carbonyl (C=O) groups is 1. The van der Waals surface area contributed by atoms with Crippen LogP contribution in [0.15, 0.2) is 42.5 Å². The smallest absolute Gasteiger partial charge is 0.247 e. The fourth-order valence-electron chi connectivity index (χ4n) is 3.71. The zero-order valence-corrected chi connectivity index (χ0v) is 18.3. The number of hydrogen-bond acceptors (Lipinski definition) is 6. The largest absolute Gasteiger partial charge is 0.497 e. The van der Waals surface area contributed by atoms with Gasteiger partial charge < -0.3 is 15.0 Å². The molecule has 3 aromatic rings. The van der Waals surface area contributed by atoms with Crippen molar-refractivity contribution >= 4 is 28.3 Å². The van der Waals surface area contributed by atoms with Crippen LogP contribution in [-0.2, 0) is 11.2 Å². The average molecular weight is 423 g/mol. The molecule has 0 aliphatic carbocycles. The van der Waals surface area contributed by atoms with Crippen LogP contribution in [0.25, 0.3) is 0 Å². The number of nitrogens with zero attached hydrogens (tertiary/aromatic N) is 3. The van der Waals surface area contributed by atoms with Gasteiger partial charge in [-0.3, -0.25) is 4.79 Å². The number of aryl methyl sites for hydroxylation is 2. The van der Waals surface area contributed by atoms with Crippen molar-refractivity contribution in [2.75, 3.05) is 23.9 Å². The maximum atomic E-state index is 13.0. The maximum absolute atomic E-state index is 13.0. The monoisotopic (exact) mass is 422 g/mol. The zero-order valence-electron chi connectivity index (χ0n) is 17.5. The molecule has 30 heavy (non-hydrogen) atoms. The van der Waals surface area contributed by atoms with Crippen LogP contribution in [0.4, 0.5) is 10.8 Å². The number of aromatic nitrogens is 2. The summed E-state index contributed by atoms with van der Waals surface area (Å²) in [6.45, 7) is 4.94. The number of amides is 1. The molecule has 4 rings (SSSR count). The highest BCUT2D eigenvalue weighted by molar-refractivity contribution is 7.09. The normalized spacial score (nSPS) is 16.0. The van der Waals surface area contributed by atoms with Crippen LogP contribution in [-0.4, -0.2) is 35.0 Å². The molecule has 1 amide bonds. The number of rotatable bonds is 6. The number of nitrogens with one attached hydrogen (secondary N) is 1. The van der Waals surface area contributed by atoms with Crippen molar-refractivity contribution in [3.05, 3.63) is 65.0 Å². The van der Waals surface area contributed by atoms with Crippen molar-refractivity contribution in [2.45, 2.75) is 39.2 Å². The van der Waals surface area contributed by atoms with Gasteiger partial charge in [-0.1, -0.05) is 18.2 Å². The Morgan fingerprint density at radius 2 is 2.10 bits per heavy atom. The number of anilines is 2. The molecule has 1 aromatic heterocycles. The quantitative estimate of drug-likeness (QED) is 0.639. The number of benzene rings is 2. The molecule has 1 aliphatic rings. The van der Waals surface area contributed by atoms with E-state index in [1.807, 2.05) is 42.5 Å². The van der Waals surface area contributed by atoms with E-state index in [1.54, 1.807) is 7.11 Å². The average Bonchev–Trinajstić information content (AvgIpc) is 3.40. The third kappa shape index (κ3) is 4.46. The predicted octanol–water partition coefficient (Wildman–Crippen LogP) is 4.36. The molecule has 1 fully saturated rings. The van der Waals surface area contributed by atoms with Gasteiger partial charge in [-0.05, 0) is 67.6 Å². The molecule has 7 heteroatoms. The Morgan fingerprint density at radius 3 is 2.90 bits per heavy atom. The summed E-state index contributed by atoms with van der Waals surface area (Å²) in [5.74, 6) is 1.61. The second-order valence-electron chi connectivity index (χ2n) is 7.66. The van der Waals surface area contributed by atoms with E-state index in [1.165, 1.54) is 22.7 Å². The summed E-state index contributed by atoms with van der Waals surface area (Å²) in [6.07, 6.45) is 2.43. The number of carbonyl (C=O) groups excluding carboxylic acids is 1. The molecule has 0 saturated carbocycles. The Hall–Kier alpha value is -2.93. The maximum Gasteiger partial charge on any atom is 0.247 e. The highest BCUT2D eigenvalue weighted by Crippen LogP contribution is 2.29. The van der Waals surface area contributed by atoms with Gasteiger partial charge in [0.1, 0.15) is 17.6 Å². The molecule has 2 heterocycles. The molecule has 0 bridgehead atoms. The molecule has 1 N–H and O–H groups in total. The molecule has 6 nitrogen and oxygen atoms in total. The van der Waals surface area contributed by atoms with E-state index in [-0.39, 0.29) is 11.9 Å². The van der Waals surface area contributed by atoms with E-state index < -0.39 is 0 Å². The van der Waals surface area contributed by atoms with Crippen LogP contribution in [0.1, 0.15) is 35.4 Å². The lowest BCUT2D eigenvalue weighted by Crippen LogP contribution is -2.39. The van der Waals surface area contributed by atoms with Crippen molar-refractivity contribution in [1.29, 1.82) is 0 Å². The topological polar surface area (TPSA) is 67.3 Å². The Balaban J connectivity index is 1.45. The van der Waals surface area contributed by atoms with Gasteiger partial charge in [-0.15, -0.1) is 0 Å². The summed E-state index contributed by atoms with van der Waals surface area (Å²) in [6, 6.07) is 13.7. The Kier molecular flexibility index (Phi) is 5.99. The van der Waals surface area contributed by atoms with Gasteiger partial charge in [0.05, 0.1) is 7.11 Å². The van der Waals surface area contributed by atoms with Crippen molar-refractivity contribution < 1.29 is 9.53 Å². The molecule has 1 unspecified atom stereocenters. The van der Waals surface area contributed by atoms with Crippen LogP contribution in [0.3, 0.4) is 0 Å². The van der Waals surface area contributed by atoms with E-state index >= 15 is 0 Å². The van der Waals surface area contributed by atoms with Crippen LogP contribution >= 0.6 is 11.5 Å².